The van der Waals surface area contributed by atoms with Crippen LogP contribution in [0.1, 0.15) is 95.0 Å². The Kier molecular flexibility index (Phi) is 33.1. The zero-order valence-corrected chi connectivity index (χ0v) is 56.6. The minimum atomic E-state index is -2.61. The molecule has 41 heteroatoms. The Balaban J connectivity index is 1.86. The second kappa shape index (κ2) is 40.7. The first-order chi connectivity index (χ1) is 48.9. The summed E-state index contributed by atoms with van der Waals surface area (Å²) in [7, 11) is 0. The molecule has 25 N–H and O–H groups in total. The predicted molar refractivity (Wildman–Crippen MR) is 356 cm³/mol. The molecular formula is C63H86N16O25. The molecule has 0 bridgehead atoms. The first-order valence-corrected chi connectivity index (χ1v) is 32.2. The van der Waals surface area contributed by atoms with Crippen LogP contribution in [-0.4, -0.2) is 241 Å². The fraction of sp³-hybridized carbons (Fsp3) is 0.492. The number of benzene rings is 2. The molecule has 41 nitrogen and oxygen atoms in total. The van der Waals surface area contributed by atoms with Gasteiger partial charge in [0.1, 0.15) is 54.4 Å². The molecule has 3 aromatic rings. The third-order valence-electron chi connectivity index (χ3n) is 15.9. The second-order valence-corrected chi connectivity index (χ2v) is 24.3. The lowest BCUT2D eigenvalue weighted by Gasteiger charge is -2.32. The summed E-state index contributed by atoms with van der Waals surface area (Å²) >= 11 is 0. The first kappa shape index (κ1) is 84.7. The van der Waals surface area contributed by atoms with Crippen LogP contribution in [0.4, 0.5) is 5.69 Å². The summed E-state index contributed by atoms with van der Waals surface area (Å²) < 4.78 is 5.83. The van der Waals surface area contributed by atoms with Crippen molar-refractivity contribution in [1.82, 2.24) is 68.8 Å². The van der Waals surface area contributed by atoms with Crippen molar-refractivity contribution in [3.8, 4) is 0 Å². The van der Waals surface area contributed by atoms with Gasteiger partial charge in [-0.05, 0) is 69.3 Å². The summed E-state index contributed by atoms with van der Waals surface area (Å²) in [5.41, 5.74) is 18.3. The number of anilines is 1. The van der Waals surface area contributed by atoms with Gasteiger partial charge in [-0.3, -0.25) is 86.3 Å². The van der Waals surface area contributed by atoms with Crippen LogP contribution in [0, 0.1) is 11.8 Å². The number of carboxylic acid groups (broad SMARTS) is 4. The van der Waals surface area contributed by atoms with Crippen LogP contribution in [0.15, 0.2) is 54.7 Å². The zero-order valence-electron chi connectivity index (χ0n) is 56.6. The number of fused-ring (bicyclic) bond motifs is 1. The third kappa shape index (κ3) is 27.0. The first-order valence-electron chi connectivity index (χ1n) is 32.2. The van der Waals surface area contributed by atoms with Gasteiger partial charge in [0.05, 0.1) is 63.9 Å². The number of ether oxygens (including phenoxy) is 1. The molecule has 13 amide bonds. The van der Waals surface area contributed by atoms with E-state index in [4.69, 9.17) is 21.9 Å². The van der Waals surface area contributed by atoms with Crippen molar-refractivity contribution in [3.05, 3.63) is 65.9 Å². The highest BCUT2D eigenvalue weighted by molar-refractivity contribution is 6.03. The van der Waals surface area contributed by atoms with Crippen LogP contribution in [0.5, 0.6) is 0 Å². The van der Waals surface area contributed by atoms with Crippen molar-refractivity contribution in [3.63, 3.8) is 0 Å². The van der Waals surface area contributed by atoms with Gasteiger partial charge in [0.15, 0.2) is 12.1 Å². The Morgan fingerprint density at radius 1 is 0.596 bits per heavy atom. The molecule has 1 aliphatic rings. The number of carboxylic acids is 4. The van der Waals surface area contributed by atoms with E-state index in [9.17, 15) is 117 Å². The number of H-pyrrole nitrogens is 1. The molecule has 2 aromatic carbocycles. The molecule has 14 atom stereocenters. The van der Waals surface area contributed by atoms with Gasteiger partial charge in [-0.2, -0.15) is 0 Å². The van der Waals surface area contributed by atoms with E-state index < -0.39 is 249 Å². The maximum Gasteiger partial charge on any atom is 0.305 e. The minimum Gasteiger partial charge on any atom is -0.481 e. The Morgan fingerprint density at radius 2 is 1.14 bits per heavy atom. The maximum absolute atomic E-state index is 14.6. The number of amides is 13. The average Bonchev–Trinajstić information content (AvgIpc) is 1.45. The number of Topliss-reactive ketones (excluding diaryl/α,β-unsaturated/α-hetero) is 1. The summed E-state index contributed by atoms with van der Waals surface area (Å²) in [6.07, 6.45) is -9.97. The molecule has 104 heavy (non-hydrogen) atoms. The number of nitrogens with one attached hydrogen (secondary N) is 13. The summed E-state index contributed by atoms with van der Waals surface area (Å²) in [6.45, 7) is 0.757. The van der Waals surface area contributed by atoms with Gasteiger partial charge in [-0.25, -0.2) is 0 Å². The van der Waals surface area contributed by atoms with Gasteiger partial charge in [0.25, 0.3) is 0 Å². The van der Waals surface area contributed by atoms with Crippen molar-refractivity contribution in [2.45, 2.75) is 158 Å². The van der Waals surface area contributed by atoms with Crippen LogP contribution in [0.25, 0.3) is 10.9 Å². The molecule has 0 aliphatic carbocycles. The van der Waals surface area contributed by atoms with Gasteiger partial charge in [0, 0.05) is 40.7 Å². The molecule has 1 fully saturated rings. The van der Waals surface area contributed by atoms with E-state index in [2.05, 4.69) is 52.8 Å². The molecule has 1 saturated heterocycles. The summed E-state index contributed by atoms with van der Waals surface area (Å²) in [5.74, 6) is -27.3. The van der Waals surface area contributed by atoms with Gasteiger partial charge in [0.2, 0.25) is 76.8 Å². The van der Waals surface area contributed by atoms with Gasteiger partial charge in [-0.1, -0.05) is 44.2 Å². The number of rotatable bonds is 26. The van der Waals surface area contributed by atoms with E-state index in [1.807, 2.05) is 16.0 Å². The summed E-state index contributed by atoms with van der Waals surface area (Å²) in [5, 5.41) is 88.1. The highest BCUT2D eigenvalue weighted by Crippen LogP contribution is 2.22. The highest BCUT2D eigenvalue weighted by atomic mass is 16.6. The number of ketones is 1. The van der Waals surface area contributed by atoms with E-state index in [1.165, 1.54) is 31.2 Å². The quantitative estimate of drug-likeness (QED) is 0.0262. The predicted octanol–water partition coefficient (Wildman–Crippen LogP) is -7.82. The number of hydrogen-bond acceptors (Lipinski definition) is 23. The van der Waals surface area contributed by atoms with Gasteiger partial charge < -0.3 is 121 Å². The fourth-order valence-corrected chi connectivity index (χ4v) is 10.4. The van der Waals surface area contributed by atoms with E-state index in [0.29, 0.717) is 5.56 Å². The number of primary amides is 1. The topological polar surface area (TPSA) is 676 Å². The van der Waals surface area contributed by atoms with Crippen LogP contribution < -0.4 is 81.0 Å². The van der Waals surface area contributed by atoms with E-state index in [1.54, 1.807) is 30.5 Å². The maximum atomic E-state index is 14.6. The number of aliphatic hydroxyl groups excluding tert-OH is 2. The van der Waals surface area contributed by atoms with Gasteiger partial charge in [-0.15, -0.1) is 0 Å². The van der Waals surface area contributed by atoms with Crippen LogP contribution in [0.3, 0.4) is 0 Å². The number of aromatic amines is 1. The minimum absolute atomic E-state index is 0.0704. The Morgan fingerprint density at radius 3 is 1.74 bits per heavy atom. The van der Waals surface area contributed by atoms with Crippen molar-refractivity contribution < 1.29 is 122 Å². The highest BCUT2D eigenvalue weighted by Gasteiger charge is 2.40. The summed E-state index contributed by atoms with van der Waals surface area (Å²) in [4.78, 5) is 245. The number of aromatic nitrogens is 1. The number of nitrogens with two attached hydrogens (primary N) is 3. The lowest BCUT2D eigenvalue weighted by Crippen LogP contribution is -2.62. The number of hydrogen-bond donors (Lipinski definition) is 22. The lowest BCUT2D eigenvalue weighted by atomic mass is 9.95. The van der Waals surface area contributed by atoms with Crippen molar-refractivity contribution in [2.75, 3.05) is 32.0 Å². The molecule has 0 spiro atoms. The number of carbonyl (C=O) groups is 18. The normalized spacial score (nSPS) is 23.0. The largest absolute Gasteiger partial charge is 0.481 e. The smallest absolute Gasteiger partial charge is 0.305 e. The van der Waals surface area contributed by atoms with Crippen LogP contribution in [0.2, 0.25) is 0 Å². The molecule has 2 heterocycles. The molecule has 1 aliphatic heterocycles. The Bertz CT molecular complexity index is 3700. The summed E-state index contributed by atoms with van der Waals surface area (Å²) in [6, 6.07) is -7.99. The fourth-order valence-electron chi connectivity index (χ4n) is 10.4. The Labute approximate surface area is 591 Å². The third-order valence-corrected chi connectivity index (χ3v) is 15.9. The van der Waals surface area contributed by atoms with Crippen molar-refractivity contribution >= 4 is 123 Å². The number of carbonyl (C=O) groups excluding carboxylic acids is 14. The molecule has 0 saturated carbocycles. The van der Waals surface area contributed by atoms with Crippen molar-refractivity contribution in [2.24, 2.45) is 23.3 Å². The molecule has 0 radical (unpaired) electrons. The molecular weight excluding hydrogens is 1380 g/mol. The molecule has 4 rings (SSSR count). The number of para-hydroxylation sites is 2. The SMILES string of the molecule is CC(Cc1c[nH]c2ccccc12)C(=O)NC(CC(N)=O)C(=O)NC(CC(=O)O)C(=O)NC1C(=O)NCC(=O)NC(CCCN)C(=O)NC(CC(=O)O)C(=O)NC(C)C(=O)NC(CC(=O)O)C(=O)NCC(=O)NC(CO)C(=O)NC(C(C)CC(=O)O)C(=O)NC(CC(=O)c2ccccc2N)C(O)OC1C. The van der Waals surface area contributed by atoms with E-state index >= 15 is 0 Å². The zero-order chi connectivity index (χ0) is 77.8. The van der Waals surface area contributed by atoms with Crippen LogP contribution in [-0.2, 0) is 92.7 Å². The second-order valence-electron chi connectivity index (χ2n) is 24.3. The van der Waals surface area contributed by atoms with Crippen molar-refractivity contribution in [1.29, 1.82) is 0 Å². The molecule has 1 aromatic heterocycles. The number of aliphatic carboxylic acids is 4. The average molecular weight is 1470 g/mol. The standard InChI is InChI=1S/C63H86N16O25/c1-27(17-47(85)86)51-62(102)77-41(18-43(81)33-11-5-7-12-34(33)65)63(103)104-30(4)52(79-59(99)40(22-50(91)92)76-58(98)37(19-44(66)82)73-53(93)28(2)16-31-23-67-35-13-8-6-10-32(31)35)61(101)69-25-45(83)71-36(14-9-15-64)56(96)75-39(21-49(89)90)57(97)70-29(3)54(94)74-38(20-48(87)88)55(95)68-24-46(84)72-42(26-80)60(100)78-51/h5-8,10-13,23,27-30,36-42,51-52,63,67,80,103H,9,14-22,24-26,64-65H2,1-4H3,(H2,66,82)(H,68,95)(H,69,101)(H,70,97)(H,71,83)(H,72,84)(H,73,93)(H,74,94)(H,75,96)(H,76,98)(H,77,102)(H,78,100)(H,79,99)(H,85,86)(H,87,88)(H,89,90)(H,91,92). The molecule has 14 unspecified atom stereocenters. The number of nitrogen functional groups attached to an aromatic ring is 1. The number of aliphatic hydroxyl groups is 2. The van der Waals surface area contributed by atoms with Gasteiger partial charge >= 0.3 is 23.9 Å². The van der Waals surface area contributed by atoms with Crippen LogP contribution >= 0.6 is 0 Å². The monoisotopic (exact) mass is 1470 g/mol. The van der Waals surface area contributed by atoms with E-state index in [0.717, 1.165) is 31.7 Å². The van der Waals surface area contributed by atoms with E-state index in [-0.39, 0.29) is 37.1 Å². The molecule has 568 valence electrons. The lowest BCUT2D eigenvalue weighted by molar-refractivity contribution is -0.166. The Hall–Kier alpha value is -11.7.